The topological polar surface area (TPSA) is 38.3 Å². The third kappa shape index (κ3) is 3.54. The van der Waals surface area contributed by atoms with E-state index in [4.69, 9.17) is 11.2 Å². The monoisotopic (exact) mass is 253 g/mol. The van der Waals surface area contributed by atoms with Gasteiger partial charge < -0.3 is 4.74 Å². The highest BCUT2D eigenvalue weighted by Gasteiger charge is 2.22. The molecule has 1 aromatic carbocycles. The Balaban J connectivity index is 2.97. The van der Waals surface area contributed by atoms with Crippen LogP contribution in [0.2, 0.25) is 0 Å². The number of terminal acetylenes is 1. The maximum atomic E-state index is 13.1. The Morgan fingerprint density at radius 1 is 1.50 bits per heavy atom. The van der Waals surface area contributed by atoms with E-state index in [0.29, 0.717) is 0 Å². The molecule has 0 aromatic heterocycles. The summed E-state index contributed by atoms with van der Waals surface area (Å²) in [5.41, 5.74) is 0.266. The van der Waals surface area contributed by atoms with Gasteiger partial charge in [0.15, 0.2) is 11.6 Å². The first-order valence-corrected chi connectivity index (χ1v) is 5.38. The molecule has 0 spiro atoms. The first kappa shape index (κ1) is 14.1. The highest BCUT2D eigenvalue weighted by atomic mass is 19.2. The van der Waals surface area contributed by atoms with E-state index >= 15 is 0 Å². The van der Waals surface area contributed by atoms with Crippen molar-refractivity contribution in [1.82, 2.24) is 5.32 Å². The fourth-order valence-corrected chi connectivity index (χ4v) is 1.42. The molecule has 3 nitrogen and oxygen atoms in total. The summed E-state index contributed by atoms with van der Waals surface area (Å²) in [4.78, 5) is 11.7. The van der Waals surface area contributed by atoms with Gasteiger partial charge in [-0.1, -0.05) is 12.0 Å². The Morgan fingerprint density at radius 3 is 2.78 bits per heavy atom. The van der Waals surface area contributed by atoms with Gasteiger partial charge >= 0.3 is 5.97 Å². The Kier molecular flexibility index (Phi) is 5.28. The predicted octanol–water partition coefficient (Wildman–Crippen LogP) is 1.79. The summed E-state index contributed by atoms with van der Waals surface area (Å²) >= 11 is 0. The lowest BCUT2D eigenvalue weighted by molar-refractivity contribution is -0.145. The van der Waals surface area contributed by atoms with Gasteiger partial charge in [0.2, 0.25) is 0 Å². The normalized spacial score (nSPS) is 11.7. The molecule has 1 N–H and O–H groups in total. The fraction of sp³-hybridized carbons (Fsp3) is 0.308. The van der Waals surface area contributed by atoms with Crippen molar-refractivity contribution in [1.29, 1.82) is 0 Å². The Morgan fingerprint density at radius 2 is 2.22 bits per heavy atom. The number of hydrogen-bond acceptors (Lipinski definition) is 3. The molecule has 0 saturated carbocycles. The molecule has 0 amide bonds. The number of ether oxygens (including phenoxy) is 1. The Hall–Kier alpha value is -1.93. The molecule has 0 heterocycles. The number of halogens is 2. The molecule has 0 aliphatic heterocycles. The van der Waals surface area contributed by atoms with Crippen LogP contribution in [0.1, 0.15) is 18.5 Å². The van der Waals surface area contributed by atoms with Crippen molar-refractivity contribution >= 4 is 5.97 Å². The summed E-state index contributed by atoms with van der Waals surface area (Å²) in [6.45, 7) is 1.96. The van der Waals surface area contributed by atoms with Crippen molar-refractivity contribution in [2.45, 2.75) is 13.0 Å². The molecule has 0 radical (unpaired) electrons. The van der Waals surface area contributed by atoms with Gasteiger partial charge in [-0.3, -0.25) is 5.32 Å². The van der Waals surface area contributed by atoms with Crippen molar-refractivity contribution in [3.8, 4) is 12.3 Å². The lowest BCUT2D eigenvalue weighted by atomic mass is 10.1. The first-order chi connectivity index (χ1) is 8.60. The third-order valence-electron chi connectivity index (χ3n) is 2.21. The highest BCUT2D eigenvalue weighted by Crippen LogP contribution is 2.17. The quantitative estimate of drug-likeness (QED) is 0.642. The number of carbonyl (C=O) groups is 1. The van der Waals surface area contributed by atoms with Crippen molar-refractivity contribution in [3.05, 3.63) is 35.4 Å². The molecule has 0 saturated heterocycles. The number of benzene rings is 1. The van der Waals surface area contributed by atoms with Crippen LogP contribution in [-0.2, 0) is 9.53 Å². The molecule has 0 aliphatic rings. The largest absolute Gasteiger partial charge is 0.465 e. The lowest BCUT2D eigenvalue weighted by Gasteiger charge is -2.16. The second-order valence-electron chi connectivity index (χ2n) is 3.44. The zero-order chi connectivity index (χ0) is 13.5. The van der Waals surface area contributed by atoms with E-state index in [9.17, 15) is 13.6 Å². The molecule has 0 aliphatic carbocycles. The molecule has 1 unspecified atom stereocenters. The molecule has 96 valence electrons. The van der Waals surface area contributed by atoms with E-state index in [2.05, 4.69) is 11.2 Å². The van der Waals surface area contributed by atoms with Crippen LogP contribution in [0.15, 0.2) is 18.2 Å². The summed E-state index contributed by atoms with van der Waals surface area (Å²) < 4.78 is 30.8. The van der Waals surface area contributed by atoms with Crippen molar-refractivity contribution in [2.24, 2.45) is 0 Å². The number of esters is 1. The van der Waals surface area contributed by atoms with Gasteiger partial charge in [-0.05, 0) is 24.6 Å². The predicted molar refractivity (Wildman–Crippen MR) is 62.6 cm³/mol. The highest BCUT2D eigenvalue weighted by molar-refractivity contribution is 5.77. The summed E-state index contributed by atoms with van der Waals surface area (Å²) in [7, 11) is 0. The van der Waals surface area contributed by atoms with Gasteiger partial charge in [0, 0.05) is 0 Å². The van der Waals surface area contributed by atoms with Gasteiger partial charge in [-0.15, -0.1) is 6.42 Å². The molecule has 1 aromatic rings. The van der Waals surface area contributed by atoms with Gasteiger partial charge in [0.1, 0.15) is 6.04 Å². The van der Waals surface area contributed by atoms with Gasteiger partial charge in [-0.2, -0.15) is 0 Å². The summed E-state index contributed by atoms with van der Waals surface area (Å²) in [6, 6.07) is 2.30. The molecular weight excluding hydrogens is 240 g/mol. The molecule has 5 heteroatoms. The molecule has 0 fully saturated rings. The number of nitrogens with one attached hydrogen (secondary N) is 1. The van der Waals surface area contributed by atoms with Gasteiger partial charge in [0.05, 0.1) is 13.2 Å². The van der Waals surface area contributed by atoms with Crippen LogP contribution in [0, 0.1) is 24.0 Å². The van der Waals surface area contributed by atoms with Crippen LogP contribution >= 0.6 is 0 Å². The smallest absolute Gasteiger partial charge is 0.327 e. The van der Waals surface area contributed by atoms with Crippen molar-refractivity contribution in [2.75, 3.05) is 13.2 Å². The number of rotatable bonds is 5. The second-order valence-corrected chi connectivity index (χ2v) is 3.44. The van der Waals surface area contributed by atoms with E-state index in [1.54, 1.807) is 6.92 Å². The first-order valence-electron chi connectivity index (χ1n) is 5.38. The van der Waals surface area contributed by atoms with Crippen molar-refractivity contribution < 1.29 is 18.3 Å². The average molecular weight is 253 g/mol. The SMILES string of the molecule is C#CCNC(C(=O)OCC)c1ccc(F)c(F)c1. The molecule has 0 bridgehead atoms. The zero-order valence-electron chi connectivity index (χ0n) is 9.87. The van der Waals surface area contributed by atoms with Gasteiger partial charge in [0.25, 0.3) is 0 Å². The second kappa shape index (κ2) is 6.72. The summed E-state index contributed by atoms with van der Waals surface area (Å²) in [5, 5.41) is 2.72. The molecule has 1 rings (SSSR count). The summed E-state index contributed by atoms with van der Waals surface area (Å²) in [6.07, 6.45) is 5.08. The maximum Gasteiger partial charge on any atom is 0.327 e. The minimum atomic E-state index is -1.02. The maximum absolute atomic E-state index is 13.1. The minimum Gasteiger partial charge on any atom is -0.465 e. The van der Waals surface area contributed by atoms with E-state index in [1.165, 1.54) is 6.07 Å². The molecule has 18 heavy (non-hydrogen) atoms. The fourth-order valence-electron chi connectivity index (χ4n) is 1.42. The van der Waals surface area contributed by atoms with E-state index in [0.717, 1.165) is 12.1 Å². The molecular formula is C13H13F2NO2. The van der Waals surface area contributed by atoms with Crippen LogP contribution < -0.4 is 5.32 Å². The minimum absolute atomic E-state index is 0.114. The summed E-state index contributed by atoms with van der Waals surface area (Å²) in [5.74, 6) is -0.278. The van der Waals surface area contributed by atoms with Crippen LogP contribution in [-0.4, -0.2) is 19.1 Å². The Labute approximate surface area is 104 Å². The lowest BCUT2D eigenvalue weighted by Crippen LogP contribution is -2.30. The average Bonchev–Trinajstić information content (AvgIpc) is 2.34. The van der Waals surface area contributed by atoms with Crippen LogP contribution in [0.3, 0.4) is 0 Å². The van der Waals surface area contributed by atoms with E-state index < -0.39 is 23.6 Å². The van der Waals surface area contributed by atoms with Crippen LogP contribution in [0.4, 0.5) is 8.78 Å². The molecule has 1 atom stereocenters. The zero-order valence-corrected chi connectivity index (χ0v) is 9.87. The third-order valence-corrected chi connectivity index (χ3v) is 2.21. The van der Waals surface area contributed by atoms with Gasteiger partial charge in [-0.25, -0.2) is 13.6 Å². The Bertz CT molecular complexity index is 469. The number of hydrogen-bond donors (Lipinski definition) is 1. The standard InChI is InChI=1S/C13H13F2NO2/c1-3-7-16-12(13(17)18-4-2)9-5-6-10(14)11(15)8-9/h1,5-6,8,12,16H,4,7H2,2H3. The van der Waals surface area contributed by atoms with E-state index in [1.807, 2.05) is 0 Å². The van der Waals surface area contributed by atoms with E-state index in [-0.39, 0.29) is 18.7 Å². The van der Waals surface area contributed by atoms with Crippen LogP contribution in [0.25, 0.3) is 0 Å². The number of carbonyl (C=O) groups excluding carboxylic acids is 1. The van der Waals surface area contributed by atoms with Crippen molar-refractivity contribution in [3.63, 3.8) is 0 Å². The van der Waals surface area contributed by atoms with Crippen LogP contribution in [0.5, 0.6) is 0 Å².